The minimum absolute atomic E-state index is 0.110. The van der Waals surface area contributed by atoms with Gasteiger partial charge in [0.15, 0.2) is 5.11 Å². The predicted molar refractivity (Wildman–Crippen MR) is 115 cm³/mol. The van der Waals surface area contributed by atoms with Crippen LogP contribution in [0.2, 0.25) is 0 Å². The van der Waals surface area contributed by atoms with Crippen LogP contribution in [-0.2, 0) is 6.42 Å². The second-order valence-corrected chi connectivity index (χ2v) is 6.80. The molecule has 0 atom stereocenters. The third kappa shape index (κ3) is 5.43. The largest absolute Gasteiger partial charge is 0.332 e. The Morgan fingerprint density at radius 1 is 1.07 bits per heavy atom. The van der Waals surface area contributed by atoms with Gasteiger partial charge in [-0.1, -0.05) is 18.2 Å². The standard InChI is InChI=1S/C21H18N4O3S/c1-14-2-5-17(13-19(14)25(27)28)20(26)24-21(29)23-18-6-3-15(4-7-18)12-16-8-10-22-11-9-16/h2-11,13H,12H2,1H3,(H2,23,24,26,29). The molecule has 3 aromatic rings. The number of hydrogen-bond donors (Lipinski definition) is 2. The van der Waals surface area contributed by atoms with Gasteiger partial charge >= 0.3 is 0 Å². The van der Waals surface area contributed by atoms with Gasteiger partial charge in [-0.2, -0.15) is 0 Å². The maximum atomic E-state index is 12.3. The maximum Gasteiger partial charge on any atom is 0.273 e. The fraction of sp³-hybridized carbons (Fsp3) is 0.0952. The topological polar surface area (TPSA) is 97.2 Å². The number of rotatable bonds is 5. The molecule has 7 nitrogen and oxygen atoms in total. The molecule has 29 heavy (non-hydrogen) atoms. The van der Waals surface area contributed by atoms with Gasteiger partial charge in [0.1, 0.15) is 0 Å². The third-order valence-electron chi connectivity index (χ3n) is 4.26. The summed E-state index contributed by atoms with van der Waals surface area (Å²) in [7, 11) is 0. The summed E-state index contributed by atoms with van der Waals surface area (Å²) < 4.78 is 0. The molecule has 1 amide bonds. The van der Waals surface area contributed by atoms with Gasteiger partial charge < -0.3 is 5.32 Å². The van der Waals surface area contributed by atoms with Crippen molar-refractivity contribution < 1.29 is 9.72 Å². The number of aromatic nitrogens is 1. The first-order valence-corrected chi connectivity index (χ1v) is 9.18. The van der Waals surface area contributed by atoms with Crippen molar-refractivity contribution in [1.82, 2.24) is 10.3 Å². The van der Waals surface area contributed by atoms with E-state index in [1.54, 1.807) is 19.3 Å². The van der Waals surface area contributed by atoms with Crippen LogP contribution in [-0.4, -0.2) is 20.9 Å². The van der Waals surface area contributed by atoms with E-state index in [-0.39, 0.29) is 16.4 Å². The molecule has 3 rings (SSSR count). The number of hydrogen-bond acceptors (Lipinski definition) is 5. The number of amides is 1. The highest BCUT2D eigenvalue weighted by atomic mass is 32.1. The molecule has 146 valence electrons. The Balaban J connectivity index is 1.60. The lowest BCUT2D eigenvalue weighted by Gasteiger charge is -2.10. The zero-order valence-corrected chi connectivity index (χ0v) is 16.4. The predicted octanol–water partition coefficient (Wildman–Crippen LogP) is 4.02. The van der Waals surface area contributed by atoms with Crippen molar-refractivity contribution in [3.05, 3.63) is 99.4 Å². The highest BCUT2D eigenvalue weighted by Crippen LogP contribution is 2.19. The second kappa shape index (κ2) is 9.03. The van der Waals surface area contributed by atoms with Crippen LogP contribution in [0.25, 0.3) is 0 Å². The van der Waals surface area contributed by atoms with E-state index in [2.05, 4.69) is 15.6 Å². The Bertz CT molecular complexity index is 1050. The number of nitrogens with one attached hydrogen (secondary N) is 2. The minimum atomic E-state index is -0.518. The number of anilines is 1. The lowest BCUT2D eigenvalue weighted by molar-refractivity contribution is -0.385. The molecule has 0 saturated carbocycles. The molecule has 1 aromatic heterocycles. The van der Waals surface area contributed by atoms with Crippen molar-refractivity contribution in [2.45, 2.75) is 13.3 Å². The average molecular weight is 406 g/mol. The van der Waals surface area contributed by atoms with Crippen LogP contribution in [0.1, 0.15) is 27.0 Å². The zero-order chi connectivity index (χ0) is 20.8. The molecule has 0 radical (unpaired) electrons. The summed E-state index contributed by atoms with van der Waals surface area (Å²) >= 11 is 5.18. The van der Waals surface area contributed by atoms with Gasteiger partial charge in [-0.3, -0.25) is 25.2 Å². The Hall–Kier alpha value is -3.65. The summed E-state index contributed by atoms with van der Waals surface area (Å²) in [6, 6.07) is 15.9. The van der Waals surface area contributed by atoms with Gasteiger partial charge in [-0.15, -0.1) is 0 Å². The van der Waals surface area contributed by atoms with Gasteiger partial charge in [-0.25, -0.2) is 0 Å². The van der Waals surface area contributed by atoms with Crippen molar-refractivity contribution >= 4 is 34.6 Å². The summed E-state index contributed by atoms with van der Waals surface area (Å²) in [5.74, 6) is -0.514. The van der Waals surface area contributed by atoms with Gasteiger partial charge in [0, 0.05) is 35.3 Å². The van der Waals surface area contributed by atoms with E-state index >= 15 is 0 Å². The quantitative estimate of drug-likeness (QED) is 0.377. The first-order chi connectivity index (χ1) is 13.9. The number of carbonyl (C=O) groups is 1. The van der Waals surface area contributed by atoms with Gasteiger partial charge in [0.05, 0.1) is 4.92 Å². The van der Waals surface area contributed by atoms with E-state index < -0.39 is 10.8 Å². The summed E-state index contributed by atoms with van der Waals surface area (Å²) in [6.07, 6.45) is 4.31. The summed E-state index contributed by atoms with van der Waals surface area (Å²) in [5, 5.41) is 16.6. The fourth-order valence-electron chi connectivity index (χ4n) is 2.73. The van der Waals surface area contributed by atoms with Gasteiger partial charge in [-0.05, 0) is 67.0 Å². The molecule has 0 fully saturated rings. The fourth-order valence-corrected chi connectivity index (χ4v) is 2.94. The number of nitro groups is 1. The molecular weight excluding hydrogens is 388 g/mol. The van der Waals surface area contributed by atoms with Crippen LogP contribution in [0, 0.1) is 17.0 Å². The number of nitrogens with zero attached hydrogens (tertiary/aromatic N) is 2. The average Bonchev–Trinajstić information content (AvgIpc) is 2.70. The van der Waals surface area contributed by atoms with E-state index in [1.165, 1.54) is 18.2 Å². The van der Waals surface area contributed by atoms with Crippen molar-refractivity contribution in [1.29, 1.82) is 0 Å². The molecule has 2 aromatic carbocycles. The normalized spacial score (nSPS) is 10.2. The van der Waals surface area contributed by atoms with Crippen molar-refractivity contribution in [3.63, 3.8) is 0 Å². The van der Waals surface area contributed by atoms with E-state index in [9.17, 15) is 14.9 Å². The van der Waals surface area contributed by atoms with E-state index in [4.69, 9.17) is 12.2 Å². The molecule has 1 heterocycles. The van der Waals surface area contributed by atoms with E-state index in [0.29, 0.717) is 5.56 Å². The Morgan fingerprint density at radius 2 is 1.72 bits per heavy atom. The molecule has 0 aliphatic heterocycles. The van der Waals surface area contributed by atoms with Crippen molar-refractivity contribution in [3.8, 4) is 0 Å². The Labute approximate surface area is 172 Å². The van der Waals surface area contributed by atoms with Crippen LogP contribution >= 0.6 is 12.2 Å². The molecule has 0 unspecified atom stereocenters. The number of aryl methyl sites for hydroxylation is 1. The first-order valence-electron chi connectivity index (χ1n) is 8.77. The third-order valence-corrected chi connectivity index (χ3v) is 4.47. The van der Waals surface area contributed by atoms with Gasteiger partial charge in [0.25, 0.3) is 11.6 Å². The summed E-state index contributed by atoms with van der Waals surface area (Å²) in [4.78, 5) is 26.8. The highest BCUT2D eigenvalue weighted by Gasteiger charge is 2.15. The molecule has 8 heteroatoms. The Morgan fingerprint density at radius 3 is 2.38 bits per heavy atom. The van der Waals surface area contributed by atoms with Crippen LogP contribution < -0.4 is 10.6 Å². The van der Waals surface area contributed by atoms with E-state index in [0.717, 1.165) is 23.2 Å². The minimum Gasteiger partial charge on any atom is -0.332 e. The molecule has 0 spiro atoms. The smallest absolute Gasteiger partial charge is 0.273 e. The lowest BCUT2D eigenvalue weighted by Crippen LogP contribution is -2.34. The van der Waals surface area contributed by atoms with Crippen LogP contribution in [0.4, 0.5) is 11.4 Å². The second-order valence-electron chi connectivity index (χ2n) is 6.40. The van der Waals surface area contributed by atoms with E-state index in [1.807, 2.05) is 36.4 Å². The molecular formula is C21H18N4O3S. The molecule has 0 bridgehead atoms. The molecule has 0 aliphatic rings. The zero-order valence-electron chi connectivity index (χ0n) is 15.6. The molecule has 0 aliphatic carbocycles. The van der Waals surface area contributed by atoms with Crippen LogP contribution in [0.3, 0.4) is 0 Å². The lowest BCUT2D eigenvalue weighted by atomic mass is 10.1. The van der Waals surface area contributed by atoms with Gasteiger partial charge in [0.2, 0.25) is 0 Å². The molecule has 2 N–H and O–H groups in total. The van der Waals surface area contributed by atoms with Crippen LogP contribution in [0.5, 0.6) is 0 Å². The Kier molecular flexibility index (Phi) is 6.25. The molecule has 0 saturated heterocycles. The monoisotopic (exact) mass is 406 g/mol. The van der Waals surface area contributed by atoms with Crippen molar-refractivity contribution in [2.75, 3.05) is 5.32 Å². The number of nitro benzene ring substituents is 1. The number of pyridine rings is 1. The summed E-state index contributed by atoms with van der Waals surface area (Å²) in [5.41, 5.74) is 3.56. The van der Waals surface area contributed by atoms with Crippen molar-refractivity contribution in [2.24, 2.45) is 0 Å². The highest BCUT2D eigenvalue weighted by molar-refractivity contribution is 7.80. The summed E-state index contributed by atoms with van der Waals surface area (Å²) in [6.45, 7) is 1.62. The number of carbonyl (C=O) groups excluding carboxylic acids is 1. The SMILES string of the molecule is Cc1ccc(C(=O)NC(=S)Nc2ccc(Cc3ccncc3)cc2)cc1[N+](=O)[O-]. The first kappa shape index (κ1) is 20.1. The van der Waals surface area contributed by atoms with Crippen LogP contribution in [0.15, 0.2) is 67.0 Å². The number of thiocarbonyl (C=S) groups is 1. The maximum absolute atomic E-state index is 12.3. The number of benzene rings is 2.